The molecular formula is C27H30N9O4S2+. The van der Waals surface area contributed by atoms with Crippen LogP contribution in [-0.2, 0) is 11.2 Å². The van der Waals surface area contributed by atoms with Crippen LogP contribution in [0.4, 0.5) is 10.9 Å². The van der Waals surface area contributed by atoms with Crippen molar-refractivity contribution >= 4 is 54.6 Å². The largest absolute Gasteiger partial charge is 0.378 e. The number of amides is 1. The van der Waals surface area contributed by atoms with Crippen molar-refractivity contribution in [2.45, 2.75) is 44.2 Å². The lowest BCUT2D eigenvalue weighted by Gasteiger charge is -2.28. The molecule has 0 spiro atoms. The highest BCUT2D eigenvalue weighted by Gasteiger charge is 2.28. The lowest BCUT2D eigenvalue weighted by atomic mass is 9.91. The number of hydrogen-bond acceptors (Lipinski definition) is 12. The van der Waals surface area contributed by atoms with Gasteiger partial charge in [-0.2, -0.15) is 0 Å². The predicted molar refractivity (Wildman–Crippen MR) is 159 cm³/mol. The van der Waals surface area contributed by atoms with Crippen LogP contribution in [0.1, 0.15) is 47.5 Å². The molecule has 2 atom stereocenters. The fraction of sp³-hybridized carbons (Fsp3) is 0.407. The van der Waals surface area contributed by atoms with Gasteiger partial charge in [0.15, 0.2) is 11.1 Å². The average Bonchev–Trinajstić information content (AvgIpc) is 3.75. The number of quaternary nitrogens is 1. The van der Waals surface area contributed by atoms with Crippen LogP contribution in [0.5, 0.6) is 0 Å². The Hall–Kier alpha value is -3.92. The Balaban J connectivity index is 1.23. The van der Waals surface area contributed by atoms with Crippen LogP contribution in [0.15, 0.2) is 33.2 Å². The Morgan fingerprint density at radius 2 is 2.02 bits per heavy atom. The molecule has 1 saturated carbocycles. The number of primary amides is 1. The number of ether oxygens (including phenoxy) is 1. The number of nitrogens with two attached hydrogens (primary N) is 1. The lowest BCUT2D eigenvalue weighted by molar-refractivity contribution is -0.427. The van der Waals surface area contributed by atoms with E-state index in [1.165, 1.54) is 17.7 Å². The number of anilines is 2. The van der Waals surface area contributed by atoms with Gasteiger partial charge < -0.3 is 30.9 Å². The molecule has 1 aliphatic heterocycles. The topological polar surface area (TPSA) is 181 Å². The number of fused-ring (bicyclic) bond motifs is 2. The van der Waals surface area contributed by atoms with E-state index < -0.39 is 5.91 Å². The molecule has 13 nitrogen and oxygen atoms in total. The number of morpholine rings is 1. The van der Waals surface area contributed by atoms with Crippen LogP contribution in [-0.4, -0.2) is 69.0 Å². The SMILES string of the molecule is NC(=O)c1c(Cc2cc(-c3csc4c(=O)cc(N5CCOCC5)sc34)no2)nc(N[C@H]2CCCC[C@H]2[NH3+])n2cnnc12. The molecule has 0 aromatic carbocycles. The van der Waals surface area contributed by atoms with E-state index in [2.05, 4.69) is 31.3 Å². The average molecular weight is 609 g/mol. The molecule has 0 bridgehead atoms. The molecule has 6 N–H and O–H groups in total. The first kappa shape index (κ1) is 26.9. The third-order valence-electron chi connectivity index (χ3n) is 7.93. The maximum absolute atomic E-state index is 13.0. The number of hydrogen-bond donors (Lipinski definition) is 3. The molecule has 6 heterocycles. The van der Waals surface area contributed by atoms with Crippen LogP contribution in [0.3, 0.4) is 0 Å². The van der Waals surface area contributed by atoms with E-state index in [4.69, 9.17) is 20.0 Å². The van der Waals surface area contributed by atoms with Crippen molar-refractivity contribution in [1.29, 1.82) is 0 Å². The van der Waals surface area contributed by atoms with E-state index in [0.717, 1.165) is 54.0 Å². The van der Waals surface area contributed by atoms with E-state index in [-0.39, 0.29) is 29.5 Å². The molecule has 2 aliphatic rings. The molecule has 7 rings (SSSR count). The highest BCUT2D eigenvalue weighted by atomic mass is 32.1. The molecule has 5 aromatic heterocycles. The molecule has 2 fully saturated rings. The summed E-state index contributed by atoms with van der Waals surface area (Å²) in [5, 5.41) is 18.9. The van der Waals surface area contributed by atoms with Crippen molar-refractivity contribution in [3.63, 3.8) is 0 Å². The maximum Gasteiger partial charge on any atom is 0.254 e. The molecule has 0 radical (unpaired) electrons. The molecule has 0 unspecified atom stereocenters. The van der Waals surface area contributed by atoms with Crippen LogP contribution in [0, 0.1) is 0 Å². The number of thiophene rings is 1. The number of nitrogens with zero attached hydrogens (tertiary/aromatic N) is 6. The fourth-order valence-corrected chi connectivity index (χ4v) is 8.07. The summed E-state index contributed by atoms with van der Waals surface area (Å²) in [7, 11) is 0. The van der Waals surface area contributed by atoms with E-state index in [0.29, 0.717) is 46.7 Å². The molecule has 15 heteroatoms. The molecule has 5 aromatic rings. The van der Waals surface area contributed by atoms with E-state index in [1.54, 1.807) is 21.8 Å². The van der Waals surface area contributed by atoms with Gasteiger partial charge in [-0.1, -0.05) is 11.6 Å². The van der Waals surface area contributed by atoms with Gasteiger partial charge in [0.2, 0.25) is 5.95 Å². The Morgan fingerprint density at radius 3 is 2.83 bits per heavy atom. The van der Waals surface area contributed by atoms with Crippen LogP contribution >= 0.6 is 22.7 Å². The number of aromatic nitrogens is 5. The van der Waals surface area contributed by atoms with Gasteiger partial charge >= 0.3 is 0 Å². The maximum atomic E-state index is 13.0. The third kappa shape index (κ3) is 4.91. The first-order valence-electron chi connectivity index (χ1n) is 13.9. The monoisotopic (exact) mass is 608 g/mol. The van der Waals surface area contributed by atoms with Crippen LogP contribution in [0.2, 0.25) is 0 Å². The van der Waals surface area contributed by atoms with Gasteiger partial charge in [-0.3, -0.25) is 14.0 Å². The fourth-order valence-electron chi connectivity index (χ4n) is 5.71. The molecular weight excluding hydrogens is 578 g/mol. The molecule has 218 valence electrons. The van der Waals surface area contributed by atoms with Gasteiger partial charge in [-0.05, 0) is 12.8 Å². The van der Waals surface area contributed by atoms with Gasteiger partial charge in [-0.15, -0.1) is 32.9 Å². The van der Waals surface area contributed by atoms with Crippen molar-refractivity contribution in [1.82, 2.24) is 24.7 Å². The zero-order valence-corrected chi connectivity index (χ0v) is 24.4. The van der Waals surface area contributed by atoms with Gasteiger partial charge in [0.05, 0.1) is 45.8 Å². The summed E-state index contributed by atoms with van der Waals surface area (Å²) in [4.78, 5) is 32.5. The Kier molecular flexibility index (Phi) is 7.09. The van der Waals surface area contributed by atoms with Crippen LogP contribution in [0.25, 0.3) is 26.3 Å². The summed E-state index contributed by atoms with van der Waals surface area (Å²) < 4.78 is 14.4. The number of nitrogens with one attached hydrogen (secondary N) is 1. The summed E-state index contributed by atoms with van der Waals surface area (Å²) >= 11 is 2.97. The zero-order valence-electron chi connectivity index (χ0n) is 22.7. The number of carbonyl (C=O) groups is 1. The van der Waals surface area contributed by atoms with E-state index in [1.807, 2.05) is 11.4 Å². The van der Waals surface area contributed by atoms with Crippen molar-refractivity contribution in [2.75, 3.05) is 36.5 Å². The Morgan fingerprint density at radius 1 is 1.19 bits per heavy atom. The summed E-state index contributed by atoms with van der Waals surface area (Å²) in [5.74, 6) is 0.372. The van der Waals surface area contributed by atoms with Crippen molar-refractivity contribution in [2.24, 2.45) is 5.73 Å². The minimum atomic E-state index is -0.654. The predicted octanol–water partition coefficient (Wildman–Crippen LogP) is 1.91. The molecule has 42 heavy (non-hydrogen) atoms. The van der Waals surface area contributed by atoms with Crippen molar-refractivity contribution < 1.29 is 19.8 Å². The second-order valence-electron chi connectivity index (χ2n) is 10.7. The van der Waals surface area contributed by atoms with Crippen molar-refractivity contribution in [3.05, 3.63) is 51.1 Å². The van der Waals surface area contributed by atoms with Gasteiger partial charge in [0.25, 0.3) is 5.91 Å². The minimum Gasteiger partial charge on any atom is -0.378 e. The summed E-state index contributed by atoms with van der Waals surface area (Å²) in [5.41, 5.74) is 12.5. The summed E-state index contributed by atoms with van der Waals surface area (Å²) in [6, 6.07) is 3.91. The number of carbonyl (C=O) groups excluding carboxylic acids is 1. The summed E-state index contributed by atoms with van der Waals surface area (Å²) in [6.07, 6.45) is 5.97. The molecule has 1 amide bonds. The highest BCUT2D eigenvalue weighted by Crippen LogP contribution is 2.38. The van der Waals surface area contributed by atoms with Gasteiger partial charge in [0.1, 0.15) is 29.4 Å². The minimum absolute atomic E-state index is 0.00960. The smallest absolute Gasteiger partial charge is 0.254 e. The third-order valence-corrected chi connectivity index (χ3v) is 10.3. The van der Waals surface area contributed by atoms with Gasteiger partial charge in [-0.25, -0.2) is 4.98 Å². The first-order valence-corrected chi connectivity index (χ1v) is 15.6. The highest BCUT2D eigenvalue weighted by molar-refractivity contribution is 7.28. The first-order chi connectivity index (χ1) is 20.5. The quantitative estimate of drug-likeness (QED) is 0.247. The zero-order chi connectivity index (χ0) is 28.8. The van der Waals surface area contributed by atoms with Crippen LogP contribution < -0.4 is 27.1 Å². The Labute approximate surface area is 247 Å². The number of rotatable bonds is 7. The molecule has 1 aliphatic carbocycles. The lowest BCUT2D eigenvalue weighted by Crippen LogP contribution is -2.68. The van der Waals surface area contributed by atoms with Crippen molar-refractivity contribution in [3.8, 4) is 11.3 Å². The molecule has 1 saturated heterocycles. The Bertz CT molecular complexity index is 1840. The second-order valence-corrected chi connectivity index (χ2v) is 12.6. The normalized spacial score (nSPS) is 19.5. The standard InChI is InChI=1S/C27H29N9O4S2/c28-16-3-1-2-4-17(16)31-27-32-19(22(25(29)38)26-33-30-13-36(26)27)10-14-9-18(34-40-14)15-12-41-24-20(37)11-21(42-23(15)24)35-5-7-39-8-6-35/h9,11-13,16-17H,1-8,10,28H2,(H2,29,38)(H,31,32)/p+1/t16-,17+/m1/s1. The second kappa shape index (κ2) is 11.1. The van der Waals surface area contributed by atoms with Gasteiger partial charge in [0, 0.05) is 42.6 Å². The van der Waals surface area contributed by atoms with E-state index >= 15 is 0 Å². The van der Waals surface area contributed by atoms with E-state index in [9.17, 15) is 9.59 Å². The summed E-state index contributed by atoms with van der Waals surface area (Å²) in [6.45, 7) is 2.76.